The summed E-state index contributed by atoms with van der Waals surface area (Å²) in [4.78, 5) is 11.2. The number of aliphatic hydroxyl groups excluding tert-OH is 1. The summed E-state index contributed by atoms with van der Waals surface area (Å²) in [5.74, 6) is 2.30. The average molecular weight is 396 g/mol. The molecular formula is C22H29N5O2. The maximum Gasteiger partial charge on any atom is 0.229 e. The van der Waals surface area contributed by atoms with Crippen molar-refractivity contribution in [2.24, 2.45) is 0 Å². The van der Waals surface area contributed by atoms with E-state index in [-0.39, 0.29) is 6.10 Å². The fraction of sp³-hybridized carbons (Fsp3) is 0.455. The molecule has 1 atom stereocenters. The van der Waals surface area contributed by atoms with Gasteiger partial charge in [-0.25, -0.2) is 4.98 Å². The molecule has 4 rings (SSSR count). The molecule has 1 aromatic carbocycles. The van der Waals surface area contributed by atoms with Crippen LogP contribution in [0.1, 0.15) is 28.8 Å². The molecule has 0 bridgehead atoms. The van der Waals surface area contributed by atoms with Gasteiger partial charge in [0.05, 0.1) is 12.7 Å². The summed E-state index contributed by atoms with van der Waals surface area (Å²) >= 11 is 0. The van der Waals surface area contributed by atoms with Gasteiger partial charge in [0.1, 0.15) is 11.6 Å². The Morgan fingerprint density at radius 3 is 2.86 bits per heavy atom. The Labute approximate surface area is 171 Å². The van der Waals surface area contributed by atoms with Crippen molar-refractivity contribution in [1.82, 2.24) is 14.9 Å². The van der Waals surface area contributed by atoms with E-state index in [0.717, 1.165) is 52.6 Å². The molecule has 3 N–H and O–H groups in total. The van der Waals surface area contributed by atoms with Crippen molar-refractivity contribution in [3.8, 4) is 5.75 Å². The lowest BCUT2D eigenvalue weighted by Crippen LogP contribution is -2.27. The van der Waals surface area contributed by atoms with Crippen LogP contribution >= 0.6 is 0 Å². The number of rotatable bonds is 4. The molecule has 0 aliphatic carbocycles. The molecule has 29 heavy (non-hydrogen) atoms. The number of fused-ring (bicyclic) bond motifs is 1. The molecule has 2 aliphatic rings. The SMILES string of the molecule is CNc1cc(C)nc(Nc2cc3c(c(C4=CCN(C)C[C@@H](O)C4)c2C)OCC3)n1. The molecule has 0 unspecified atom stereocenters. The van der Waals surface area contributed by atoms with Gasteiger partial charge in [-0.1, -0.05) is 6.08 Å². The smallest absolute Gasteiger partial charge is 0.229 e. The van der Waals surface area contributed by atoms with Crippen molar-refractivity contribution in [2.45, 2.75) is 32.8 Å². The summed E-state index contributed by atoms with van der Waals surface area (Å²) in [5, 5.41) is 16.9. The number of anilines is 3. The van der Waals surface area contributed by atoms with Crippen LogP contribution < -0.4 is 15.4 Å². The number of β-amino-alcohol motifs (C(OH)–C–C–N with tert-alkyl or cyclic N) is 1. The van der Waals surface area contributed by atoms with Gasteiger partial charge in [0.2, 0.25) is 5.95 Å². The van der Waals surface area contributed by atoms with Crippen molar-refractivity contribution in [3.63, 3.8) is 0 Å². The summed E-state index contributed by atoms with van der Waals surface area (Å²) in [6.45, 7) is 6.22. The molecule has 0 amide bonds. The number of aliphatic hydroxyl groups is 1. The number of aryl methyl sites for hydroxylation is 1. The van der Waals surface area contributed by atoms with E-state index >= 15 is 0 Å². The highest BCUT2D eigenvalue weighted by Crippen LogP contribution is 2.42. The molecule has 2 aliphatic heterocycles. The Balaban J connectivity index is 1.77. The van der Waals surface area contributed by atoms with Crippen LogP contribution in [-0.2, 0) is 6.42 Å². The minimum atomic E-state index is -0.389. The number of benzene rings is 1. The van der Waals surface area contributed by atoms with Crippen molar-refractivity contribution in [2.75, 3.05) is 44.4 Å². The van der Waals surface area contributed by atoms with Gasteiger partial charge in [0.15, 0.2) is 0 Å². The van der Waals surface area contributed by atoms with Crippen LogP contribution in [0.25, 0.3) is 5.57 Å². The second kappa shape index (κ2) is 8.00. The Morgan fingerprint density at radius 2 is 2.07 bits per heavy atom. The number of aromatic nitrogens is 2. The summed E-state index contributed by atoms with van der Waals surface area (Å²) in [5.41, 5.74) is 6.38. The zero-order chi connectivity index (χ0) is 20.5. The molecule has 0 saturated heterocycles. The molecule has 154 valence electrons. The number of hydrogen-bond acceptors (Lipinski definition) is 7. The van der Waals surface area contributed by atoms with Gasteiger partial charge in [0.25, 0.3) is 0 Å². The quantitative estimate of drug-likeness (QED) is 0.734. The highest BCUT2D eigenvalue weighted by molar-refractivity contribution is 5.81. The Bertz CT molecular complexity index is 957. The van der Waals surface area contributed by atoms with Crippen molar-refractivity contribution < 1.29 is 9.84 Å². The van der Waals surface area contributed by atoms with E-state index in [1.165, 1.54) is 5.56 Å². The molecule has 1 aromatic heterocycles. The van der Waals surface area contributed by atoms with E-state index in [1.54, 1.807) is 0 Å². The van der Waals surface area contributed by atoms with Crippen LogP contribution in [0, 0.1) is 13.8 Å². The summed E-state index contributed by atoms with van der Waals surface area (Å²) in [6, 6.07) is 4.06. The van der Waals surface area contributed by atoms with E-state index in [2.05, 4.69) is 44.6 Å². The summed E-state index contributed by atoms with van der Waals surface area (Å²) in [7, 11) is 3.88. The average Bonchev–Trinajstić information content (AvgIpc) is 3.06. The Kier molecular flexibility index (Phi) is 5.43. The summed E-state index contributed by atoms with van der Waals surface area (Å²) in [6.07, 6.45) is 3.32. The van der Waals surface area contributed by atoms with E-state index in [9.17, 15) is 5.11 Å². The molecular weight excluding hydrogens is 366 g/mol. The minimum absolute atomic E-state index is 0.389. The fourth-order valence-electron chi connectivity index (χ4n) is 4.12. The first-order chi connectivity index (χ1) is 13.9. The van der Waals surface area contributed by atoms with Crippen LogP contribution in [0.15, 0.2) is 18.2 Å². The van der Waals surface area contributed by atoms with Crippen LogP contribution in [0.3, 0.4) is 0 Å². The molecule has 2 aromatic rings. The van der Waals surface area contributed by atoms with E-state index in [1.807, 2.05) is 27.1 Å². The number of hydrogen-bond donors (Lipinski definition) is 3. The first kappa shape index (κ1) is 19.7. The standard InChI is InChI=1S/C22H29N5O2/c1-13-9-19(23-3)26-22(24-13)25-18-11-16-6-8-29-21(16)20(14(18)2)15-5-7-27(4)12-17(28)10-15/h5,9,11,17,28H,6-8,10,12H2,1-4H3,(H2,23,24,25,26)/t17-/m0/s1. The van der Waals surface area contributed by atoms with Crippen LogP contribution in [0.2, 0.25) is 0 Å². The maximum absolute atomic E-state index is 10.5. The highest BCUT2D eigenvalue weighted by Gasteiger charge is 2.26. The second-order valence-electron chi connectivity index (χ2n) is 7.91. The largest absolute Gasteiger partial charge is 0.492 e. The molecule has 7 nitrogen and oxygen atoms in total. The van der Waals surface area contributed by atoms with E-state index in [0.29, 0.717) is 25.5 Å². The summed E-state index contributed by atoms with van der Waals surface area (Å²) < 4.78 is 6.02. The lowest BCUT2D eigenvalue weighted by atomic mass is 9.91. The van der Waals surface area contributed by atoms with Gasteiger partial charge in [-0.15, -0.1) is 0 Å². The van der Waals surface area contributed by atoms with Gasteiger partial charge in [-0.05, 0) is 38.1 Å². The molecule has 0 saturated carbocycles. The van der Waals surface area contributed by atoms with E-state index < -0.39 is 0 Å². The monoisotopic (exact) mass is 395 g/mol. The lowest BCUT2D eigenvalue weighted by Gasteiger charge is -2.20. The molecule has 0 spiro atoms. The molecule has 3 heterocycles. The van der Waals surface area contributed by atoms with Crippen LogP contribution in [0.5, 0.6) is 5.75 Å². The first-order valence-electron chi connectivity index (χ1n) is 10.1. The van der Waals surface area contributed by atoms with Crippen molar-refractivity contribution in [1.29, 1.82) is 0 Å². The van der Waals surface area contributed by atoms with Crippen LogP contribution in [-0.4, -0.2) is 59.9 Å². The first-order valence-corrected chi connectivity index (χ1v) is 10.1. The Hall–Kier alpha value is -2.64. The minimum Gasteiger partial charge on any atom is -0.492 e. The van der Waals surface area contributed by atoms with Gasteiger partial charge >= 0.3 is 0 Å². The third-order valence-electron chi connectivity index (χ3n) is 5.54. The predicted octanol–water partition coefficient (Wildman–Crippen LogP) is 2.89. The van der Waals surface area contributed by atoms with Crippen molar-refractivity contribution in [3.05, 3.63) is 40.6 Å². The van der Waals surface area contributed by atoms with Crippen LogP contribution in [0.4, 0.5) is 17.5 Å². The van der Waals surface area contributed by atoms with Gasteiger partial charge in [-0.3, -0.25) is 0 Å². The number of ether oxygens (including phenoxy) is 1. The third kappa shape index (κ3) is 4.06. The highest BCUT2D eigenvalue weighted by atomic mass is 16.5. The van der Waals surface area contributed by atoms with Gasteiger partial charge < -0.3 is 25.4 Å². The molecule has 0 fully saturated rings. The Morgan fingerprint density at radius 1 is 1.24 bits per heavy atom. The van der Waals surface area contributed by atoms with Crippen molar-refractivity contribution >= 4 is 23.0 Å². The maximum atomic E-state index is 10.5. The molecule has 0 radical (unpaired) electrons. The topological polar surface area (TPSA) is 82.5 Å². The van der Waals surface area contributed by atoms with Gasteiger partial charge in [0, 0.05) is 61.6 Å². The third-order valence-corrected chi connectivity index (χ3v) is 5.54. The number of nitrogens with zero attached hydrogens (tertiary/aromatic N) is 3. The number of likely N-dealkylation sites (N-methyl/N-ethyl adjacent to an activating group) is 1. The zero-order valence-corrected chi connectivity index (χ0v) is 17.5. The number of nitrogens with one attached hydrogen (secondary N) is 2. The lowest BCUT2D eigenvalue weighted by molar-refractivity contribution is 0.139. The normalized spacial score (nSPS) is 19.2. The zero-order valence-electron chi connectivity index (χ0n) is 17.5. The second-order valence-corrected chi connectivity index (χ2v) is 7.91. The fourth-order valence-corrected chi connectivity index (χ4v) is 4.12. The van der Waals surface area contributed by atoms with Gasteiger partial charge in [-0.2, -0.15) is 4.98 Å². The van der Waals surface area contributed by atoms with E-state index in [4.69, 9.17) is 4.74 Å². The molecule has 7 heteroatoms. The predicted molar refractivity (Wildman–Crippen MR) is 116 cm³/mol.